The molecular formula is C19H28N2O4S. The predicted molar refractivity (Wildman–Crippen MR) is 101 cm³/mol. The number of nitrogens with zero attached hydrogens (tertiary/aromatic N) is 2. The number of piperidine rings is 1. The number of hydrogen-bond donors (Lipinski definition) is 0. The van der Waals surface area contributed by atoms with Crippen LogP contribution in [0.2, 0.25) is 0 Å². The molecule has 26 heavy (non-hydrogen) atoms. The molecule has 2 aliphatic rings. The third kappa shape index (κ3) is 4.27. The maximum atomic E-state index is 12.9. The zero-order valence-corrected chi connectivity index (χ0v) is 16.6. The van der Waals surface area contributed by atoms with Crippen LogP contribution in [0.15, 0.2) is 18.2 Å². The third-order valence-corrected chi connectivity index (χ3v) is 6.70. The molecule has 1 spiro atoms. The average molecular weight is 381 g/mol. The lowest BCUT2D eigenvalue weighted by Gasteiger charge is -2.42. The van der Waals surface area contributed by atoms with Crippen LogP contribution in [0.3, 0.4) is 0 Å². The zero-order valence-electron chi connectivity index (χ0n) is 15.8. The lowest BCUT2D eigenvalue weighted by Crippen LogP contribution is -2.49. The minimum Gasteiger partial charge on any atom is -0.379 e. The molecule has 2 heterocycles. The van der Waals surface area contributed by atoms with Crippen LogP contribution in [0.4, 0.5) is 0 Å². The fourth-order valence-corrected chi connectivity index (χ4v) is 4.92. The van der Waals surface area contributed by atoms with Crippen molar-refractivity contribution in [2.24, 2.45) is 5.41 Å². The van der Waals surface area contributed by atoms with Crippen LogP contribution in [0.25, 0.3) is 0 Å². The van der Waals surface area contributed by atoms with E-state index >= 15 is 0 Å². The van der Waals surface area contributed by atoms with E-state index < -0.39 is 10.0 Å². The van der Waals surface area contributed by atoms with Crippen molar-refractivity contribution in [2.45, 2.75) is 26.7 Å². The number of sulfonamides is 1. The normalized spacial score (nSPS) is 21.6. The molecule has 2 aliphatic heterocycles. The van der Waals surface area contributed by atoms with E-state index in [1.807, 2.05) is 30.9 Å². The molecule has 1 amide bonds. The molecule has 0 atom stereocenters. The summed E-state index contributed by atoms with van der Waals surface area (Å²) in [6.07, 6.45) is 2.77. The second-order valence-electron chi connectivity index (χ2n) is 7.82. The molecule has 0 radical (unpaired) electrons. The number of aryl methyl sites for hydroxylation is 2. The van der Waals surface area contributed by atoms with E-state index in [4.69, 9.17) is 4.74 Å². The van der Waals surface area contributed by atoms with E-state index in [0.29, 0.717) is 39.4 Å². The molecule has 0 bridgehead atoms. The lowest BCUT2D eigenvalue weighted by atomic mass is 9.79. The summed E-state index contributed by atoms with van der Waals surface area (Å²) in [5.41, 5.74) is 2.71. The highest BCUT2D eigenvalue weighted by Gasteiger charge is 2.41. The Kier molecular flexibility index (Phi) is 5.42. The highest BCUT2D eigenvalue weighted by atomic mass is 32.2. The van der Waals surface area contributed by atoms with Gasteiger partial charge in [-0.3, -0.25) is 4.79 Å². The van der Waals surface area contributed by atoms with Gasteiger partial charge >= 0.3 is 0 Å². The molecule has 1 aromatic rings. The second-order valence-corrected chi connectivity index (χ2v) is 9.80. The largest absolute Gasteiger partial charge is 0.379 e. The lowest BCUT2D eigenvalue weighted by molar-refractivity contribution is 0.0179. The quantitative estimate of drug-likeness (QED) is 0.785. The van der Waals surface area contributed by atoms with Gasteiger partial charge in [-0.25, -0.2) is 8.42 Å². The molecule has 144 valence electrons. The van der Waals surface area contributed by atoms with Crippen LogP contribution in [-0.2, 0) is 14.8 Å². The molecule has 2 fully saturated rings. The monoisotopic (exact) mass is 380 g/mol. The topological polar surface area (TPSA) is 66.9 Å². The van der Waals surface area contributed by atoms with Crippen molar-refractivity contribution in [3.63, 3.8) is 0 Å². The van der Waals surface area contributed by atoms with Gasteiger partial charge in [-0.2, -0.15) is 4.31 Å². The van der Waals surface area contributed by atoms with Crippen LogP contribution >= 0.6 is 0 Å². The number of rotatable bonds is 2. The number of hydrogen-bond acceptors (Lipinski definition) is 4. The number of benzene rings is 1. The van der Waals surface area contributed by atoms with Crippen LogP contribution in [0, 0.1) is 19.3 Å². The fraction of sp³-hybridized carbons (Fsp3) is 0.632. The van der Waals surface area contributed by atoms with E-state index in [0.717, 1.165) is 29.5 Å². The Morgan fingerprint density at radius 2 is 1.69 bits per heavy atom. The SMILES string of the molecule is Cc1cc(C)cc(C(=O)N2CCC3(CC2)COCCN(S(C)(=O)=O)C3)c1. The highest BCUT2D eigenvalue weighted by Crippen LogP contribution is 2.35. The standard InChI is InChI=1S/C19H28N2O4S/c1-15-10-16(2)12-17(11-15)18(22)20-6-4-19(5-7-20)13-21(26(3,23)24)8-9-25-14-19/h10-12H,4-9,13-14H2,1-3H3. The van der Waals surface area contributed by atoms with Gasteiger partial charge in [-0.15, -0.1) is 0 Å². The van der Waals surface area contributed by atoms with Gasteiger partial charge in [-0.1, -0.05) is 17.2 Å². The first-order valence-electron chi connectivity index (χ1n) is 9.09. The van der Waals surface area contributed by atoms with Gasteiger partial charge in [0.25, 0.3) is 5.91 Å². The molecule has 0 aromatic heterocycles. The van der Waals surface area contributed by atoms with Gasteiger partial charge in [0.1, 0.15) is 0 Å². The zero-order chi connectivity index (χ0) is 18.9. The summed E-state index contributed by atoms with van der Waals surface area (Å²) in [6, 6.07) is 5.92. The molecule has 3 rings (SSSR count). The maximum absolute atomic E-state index is 12.9. The van der Waals surface area contributed by atoms with E-state index in [1.165, 1.54) is 10.6 Å². The number of ether oxygens (including phenoxy) is 1. The predicted octanol–water partition coefficient (Wildman–Crippen LogP) is 1.82. The molecule has 0 aliphatic carbocycles. The number of carbonyl (C=O) groups is 1. The Morgan fingerprint density at radius 1 is 1.08 bits per heavy atom. The number of amides is 1. The van der Waals surface area contributed by atoms with E-state index in [1.54, 1.807) is 0 Å². The summed E-state index contributed by atoms with van der Waals surface area (Å²) < 4.78 is 31.2. The number of carbonyl (C=O) groups excluding carboxylic acids is 1. The van der Waals surface area contributed by atoms with Crippen LogP contribution < -0.4 is 0 Å². The molecule has 1 aromatic carbocycles. The van der Waals surface area contributed by atoms with Gasteiger partial charge in [0, 0.05) is 37.2 Å². The molecular weight excluding hydrogens is 352 g/mol. The van der Waals surface area contributed by atoms with Gasteiger partial charge < -0.3 is 9.64 Å². The average Bonchev–Trinajstić information content (AvgIpc) is 2.77. The van der Waals surface area contributed by atoms with Crippen LogP contribution in [0.1, 0.15) is 34.3 Å². The van der Waals surface area contributed by atoms with Gasteiger partial charge in [-0.05, 0) is 38.8 Å². The summed E-state index contributed by atoms with van der Waals surface area (Å²) >= 11 is 0. The summed E-state index contributed by atoms with van der Waals surface area (Å²) in [5.74, 6) is 0.0566. The van der Waals surface area contributed by atoms with Gasteiger partial charge in [0.2, 0.25) is 10.0 Å². The van der Waals surface area contributed by atoms with Crippen molar-refractivity contribution >= 4 is 15.9 Å². The Bertz CT molecular complexity index is 762. The van der Waals surface area contributed by atoms with Crippen molar-refractivity contribution < 1.29 is 17.9 Å². The summed E-state index contributed by atoms with van der Waals surface area (Å²) in [7, 11) is -3.23. The molecule has 2 saturated heterocycles. The molecule has 0 unspecified atom stereocenters. The van der Waals surface area contributed by atoms with Crippen molar-refractivity contribution in [1.29, 1.82) is 0 Å². The molecule has 0 N–H and O–H groups in total. The Balaban J connectivity index is 1.70. The van der Waals surface area contributed by atoms with Crippen molar-refractivity contribution in [3.05, 3.63) is 34.9 Å². The minimum absolute atomic E-state index is 0.0566. The molecule has 6 nitrogen and oxygen atoms in total. The van der Waals surface area contributed by atoms with Crippen LogP contribution in [0.5, 0.6) is 0 Å². The van der Waals surface area contributed by atoms with Crippen molar-refractivity contribution in [1.82, 2.24) is 9.21 Å². The third-order valence-electron chi connectivity index (χ3n) is 5.45. The molecule has 0 saturated carbocycles. The van der Waals surface area contributed by atoms with E-state index in [-0.39, 0.29) is 11.3 Å². The van der Waals surface area contributed by atoms with Crippen molar-refractivity contribution in [2.75, 3.05) is 45.6 Å². The highest BCUT2D eigenvalue weighted by molar-refractivity contribution is 7.88. The summed E-state index contributed by atoms with van der Waals surface area (Å²) in [4.78, 5) is 14.7. The van der Waals surface area contributed by atoms with Gasteiger partial charge in [0.15, 0.2) is 0 Å². The smallest absolute Gasteiger partial charge is 0.253 e. The van der Waals surface area contributed by atoms with E-state index in [2.05, 4.69) is 6.07 Å². The Labute approximate surface area is 156 Å². The fourth-order valence-electron chi connectivity index (χ4n) is 4.00. The Hall–Kier alpha value is -1.44. The number of likely N-dealkylation sites (tertiary alicyclic amines) is 1. The van der Waals surface area contributed by atoms with Crippen LogP contribution in [-0.4, -0.2) is 69.2 Å². The minimum atomic E-state index is -3.23. The summed E-state index contributed by atoms with van der Waals surface area (Å²) in [5, 5.41) is 0. The maximum Gasteiger partial charge on any atom is 0.253 e. The van der Waals surface area contributed by atoms with Gasteiger partial charge in [0.05, 0.1) is 19.5 Å². The molecule has 7 heteroatoms. The second kappa shape index (κ2) is 7.29. The summed E-state index contributed by atoms with van der Waals surface area (Å²) in [6.45, 7) is 7.14. The van der Waals surface area contributed by atoms with E-state index in [9.17, 15) is 13.2 Å². The first kappa shape index (κ1) is 19.3. The first-order chi connectivity index (χ1) is 12.2. The first-order valence-corrected chi connectivity index (χ1v) is 10.9. The Morgan fingerprint density at radius 3 is 2.27 bits per heavy atom. The van der Waals surface area contributed by atoms with Crippen molar-refractivity contribution in [3.8, 4) is 0 Å².